The minimum Gasteiger partial charge on any atom is -0.279 e. The molecule has 2 amide bonds. The third-order valence-corrected chi connectivity index (χ3v) is 6.60. The zero-order chi connectivity index (χ0) is 12.9. The number of hydrogen-bond acceptors (Lipinski definition) is 2. The van der Waals surface area contributed by atoms with E-state index in [-0.39, 0.29) is 29.7 Å². The summed E-state index contributed by atoms with van der Waals surface area (Å²) in [6.07, 6.45) is 9.30. The maximum Gasteiger partial charge on any atom is 0.233 e. The van der Waals surface area contributed by atoms with Crippen molar-refractivity contribution in [3.63, 3.8) is 0 Å². The first-order chi connectivity index (χ1) is 9.15. The molecule has 19 heavy (non-hydrogen) atoms. The van der Waals surface area contributed by atoms with Crippen molar-refractivity contribution in [2.75, 3.05) is 0 Å². The molecule has 4 fully saturated rings. The molecule has 1 saturated heterocycles. The molecule has 1 heterocycles. The highest BCUT2D eigenvalue weighted by molar-refractivity contribution is 6.07. The first kappa shape index (κ1) is 10.6. The Morgan fingerprint density at radius 2 is 1.63 bits per heavy atom. The van der Waals surface area contributed by atoms with Crippen LogP contribution < -0.4 is 0 Å². The second kappa shape index (κ2) is 2.97. The monoisotopic (exact) mass is 257 g/mol. The highest BCUT2D eigenvalue weighted by atomic mass is 16.2. The van der Waals surface area contributed by atoms with E-state index in [1.54, 1.807) is 4.90 Å². The summed E-state index contributed by atoms with van der Waals surface area (Å²) in [5.41, 5.74) is 0.329. The Kier molecular flexibility index (Phi) is 1.66. The first-order valence-corrected chi connectivity index (χ1v) is 7.70. The number of rotatable bonds is 2. The van der Waals surface area contributed by atoms with Gasteiger partial charge in [-0.15, -0.1) is 0 Å². The van der Waals surface area contributed by atoms with Gasteiger partial charge in [0, 0.05) is 6.04 Å². The van der Waals surface area contributed by atoms with E-state index in [0.717, 1.165) is 0 Å². The molecule has 5 aliphatic rings. The molecule has 0 N–H and O–H groups in total. The van der Waals surface area contributed by atoms with Crippen molar-refractivity contribution in [2.24, 2.45) is 35.0 Å². The number of likely N-dealkylation sites (tertiary alicyclic amines) is 1. The summed E-state index contributed by atoms with van der Waals surface area (Å²) in [7, 11) is 0. The lowest BCUT2D eigenvalue weighted by Crippen LogP contribution is -2.42. The topological polar surface area (TPSA) is 37.4 Å². The molecule has 4 aliphatic carbocycles. The van der Waals surface area contributed by atoms with Gasteiger partial charge in [0.15, 0.2) is 0 Å². The van der Waals surface area contributed by atoms with Crippen LogP contribution in [0.5, 0.6) is 0 Å². The second-order valence-electron chi connectivity index (χ2n) is 7.35. The molecule has 2 bridgehead atoms. The molecule has 3 nitrogen and oxygen atoms in total. The van der Waals surface area contributed by atoms with Crippen LogP contribution in [0.1, 0.15) is 32.6 Å². The predicted molar refractivity (Wildman–Crippen MR) is 68.8 cm³/mol. The molecule has 0 radical (unpaired) electrons. The molecule has 0 aromatic heterocycles. The van der Waals surface area contributed by atoms with Gasteiger partial charge in [0.05, 0.1) is 11.8 Å². The summed E-state index contributed by atoms with van der Waals surface area (Å²) < 4.78 is 0. The van der Waals surface area contributed by atoms with Crippen molar-refractivity contribution in [3.8, 4) is 0 Å². The maximum atomic E-state index is 12.7. The molecule has 0 unspecified atom stereocenters. The SMILES string of the molecule is C[C@H](C1CC1)N1C(=O)[C@H]2[C@H](C1=O)[C@H]1C=C[C@H]2C12CC2. The highest BCUT2D eigenvalue weighted by Gasteiger charge is 2.73. The Balaban J connectivity index is 1.54. The van der Waals surface area contributed by atoms with Crippen LogP contribution in [0.4, 0.5) is 0 Å². The molecular weight excluding hydrogens is 238 g/mol. The number of carbonyl (C=O) groups is 2. The number of fused-ring (bicyclic) bond motifs is 3. The van der Waals surface area contributed by atoms with Gasteiger partial charge >= 0.3 is 0 Å². The lowest BCUT2D eigenvalue weighted by molar-refractivity contribution is -0.144. The Hall–Kier alpha value is -1.12. The van der Waals surface area contributed by atoms with Crippen molar-refractivity contribution >= 4 is 11.8 Å². The Bertz CT molecular complexity index is 495. The molecule has 0 aromatic rings. The summed E-state index contributed by atoms with van der Waals surface area (Å²) >= 11 is 0. The van der Waals surface area contributed by atoms with Crippen LogP contribution in [-0.2, 0) is 9.59 Å². The van der Waals surface area contributed by atoms with E-state index in [0.29, 0.717) is 23.2 Å². The zero-order valence-electron chi connectivity index (χ0n) is 11.2. The molecule has 100 valence electrons. The second-order valence-corrected chi connectivity index (χ2v) is 7.35. The minimum atomic E-state index is -0.00815. The van der Waals surface area contributed by atoms with Gasteiger partial charge in [0.25, 0.3) is 0 Å². The van der Waals surface area contributed by atoms with E-state index in [9.17, 15) is 9.59 Å². The summed E-state index contributed by atoms with van der Waals surface area (Å²) in [5, 5.41) is 0. The van der Waals surface area contributed by atoms with Crippen LogP contribution in [0, 0.1) is 35.0 Å². The molecule has 1 aliphatic heterocycles. The molecule has 5 rings (SSSR count). The Labute approximate surface area is 113 Å². The summed E-state index contributed by atoms with van der Waals surface area (Å²) in [5.74, 6) is 1.60. The molecule has 3 saturated carbocycles. The van der Waals surface area contributed by atoms with Crippen LogP contribution in [0.15, 0.2) is 12.2 Å². The first-order valence-electron chi connectivity index (χ1n) is 7.70. The van der Waals surface area contributed by atoms with Crippen LogP contribution >= 0.6 is 0 Å². The molecule has 3 heteroatoms. The lowest BCUT2D eigenvalue weighted by atomic mass is 9.85. The standard InChI is InChI=1S/C16H19NO2/c1-8(9-2-3-9)17-14(18)12-10-4-5-11(13(12)15(17)19)16(10)6-7-16/h4-5,8-13H,2-3,6-7H2,1H3/t8-,10-,11-,12-,13-/m1/s1. The third-order valence-electron chi connectivity index (χ3n) is 6.60. The number of allylic oxidation sites excluding steroid dienone is 2. The van der Waals surface area contributed by atoms with Crippen molar-refractivity contribution < 1.29 is 9.59 Å². The summed E-state index contributed by atoms with van der Waals surface area (Å²) in [6, 6.07) is 0.139. The predicted octanol–water partition coefficient (Wildman–Crippen LogP) is 1.98. The third kappa shape index (κ3) is 1.04. The fourth-order valence-electron chi connectivity index (χ4n) is 5.29. The average Bonchev–Trinajstić information content (AvgIpc) is 3.27. The van der Waals surface area contributed by atoms with Crippen LogP contribution in [0.25, 0.3) is 0 Å². The summed E-state index contributed by atoms with van der Waals surface area (Å²) in [6.45, 7) is 2.07. The fraction of sp³-hybridized carbons (Fsp3) is 0.750. The number of nitrogens with zero attached hydrogens (tertiary/aromatic N) is 1. The average molecular weight is 257 g/mol. The van der Waals surface area contributed by atoms with Gasteiger partial charge < -0.3 is 0 Å². The van der Waals surface area contributed by atoms with Crippen LogP contribution in [-0.4, -0.2) is 22.8 Å². The molecular formula is C16H19NO2. The lowest BCUT2D eigenvalue weighted by Gasteiger charge is -2.26. The maximum absolute atomic E-state index is 12.7. The quantitative estimate of drug-likeness (QED) is 0.560. The van der Waals surface area contributed by atoms with Gasteiger partial charge in [-0.3, -0.25) is 14.5 Å². The Morgan fingerprint density at radius 1 is 1.11 bits per heavy atom. The van der Waals surface area contributed by atoms with E-state index in [1.807, 2.05) is 0 Å². The minimum absolute atomic E-state index is 0.00815. The van der Waals surface area contributed by atoms with Gasteiger partial charge in [0.1, 0.15) is 0 Å². The fourth-order valence-corrected chi connectivity index (χ4v) is 5.29. The van der Waals surface area contributed by atoms with Gasteiger partial charge in [0.2, 0.25) is 11.8 Å². The molecule has 0 aromatic carbocycles. The largest absolute Gasteiger partial charge is 0.279 e. The Morgan fingerprint density at radius 3 is 2.05 bits per heavy atom. The van der Waals surface area contributed by atoms with Gasteiger partial charge in [-0.1, -0.05) is 12.2 Å². The van der Waals surface area contributed by atoms with E-state index < -0.39 is 0 Å². The van der Waals surface area contributed by atoms with Gasteiger partial charge in [-0.05, 0) is 55.8 Å². The molecule has 1 spiro atoms. The van der Waals surface area contributed by atoms with Crippen molar-refractivity contribution in [2.45, 2.75) is 38.6 Å². The van der Waals surface area contributed by atoms with E-state index in [2.05, 4.69) is 19.1 Å². The zero-order valence-corrected chi connectivity index (χ0v) is 11.2. The van der Waals surface area contributed by atoms with Gasteiger partial charge in [-0.2, -0.15) is 0 Å². The van der Waals surface area contributed by atoms with Crippen LogP contribution in [0.2, 0.25) is 0 Å². The normalized spacial score (nSPS) is 46.3. The van der Waals surface area contributed by atoms with Crippen molar-refractivity contribution in [1.82, 2.24) is 4.90 Å². The van der Waals surface area contributed by atoms with Gasteiger partial charge in [-0.25, -0.2) is 0 Å². The van der Waals surface area contributed by atoms with Crippen molar-refractivity contribution in [3.05, 3.63) is 12.2 Å². The smallest absolute Gasteiger partial charge is 0.233 e. The highest BCUT2D eigenvalue weighted by Crippen LogP contribution is 2.73. The summed E-state index contributed by atoms with van der Waals surface area (Å²) in [4.78, 5) is 27.1. The van der Waals surface area contributed by atoms with Crippen LogP contribution in [0.3, 0.4) is 0 Å². The van der Waals surface area contributed by atoms with Crippen molar-refractivity contribution in [1.29, 1.82) is 0 Å². The number of amides is 2. The van der Waals surface area contributed by atoms with E-state index in [4.69, 9.17) is 0 Å². The molecule has 5 atom stereocenters. The van der Waals surface area contributed by atoms with E-state index in [1.165, 1.54) is 25.7 Å². The number of imide groups is 1. The number of hydrogen-bond donors (Lipinski definition) is 0. The van der Waals surface area contributed by atoms with E-state index >= 15 is 0 Å². The number of carbonyl (C=O) groups excluding carboxylic acids is 2.